The van der Waals surface area contributed by atoms with Crippen molar-refractivity contribution in [3.8, 4) is 5.75 Å². The van der Waals surface area contributed by atoms with Gasteiger partial charge in [-0.1, -0.05) is 19.1 Å². The van der Waals surface area contributed by atoms with E-state index >= 15 is 0 Å². The molecule has 1 aromatic heterocycles. The highest BCUT2D eigenvalue weighted by Crippen LogP contribution is 2.33. The molecule has 0 bridgehead atoms. The number of hydrogen-bond donors (Lipinski definition) is 0. The Hall–Kier alpha value is -3.17. The lowest BCUT2D eigenvalue weighted by Crippen LogP contribution is -2.46. The number of nitrogens with zero attached hydrogens (tertiary/aromatic N) is 5. The normalized spacial score (nSPS) is 18.4. The highest BCUT2D eigenvalue weighted by molar-refractivity contribution is 6.02. The first-order valence-corrected chi connectivity index (χ1v) is 12.2. The molecule has 0 unspecified atom stereocenters. The van der Waals surface area contributed by atoms with Crippen LogP contribution in [0.1, 0.15) is 37.1 Å². The molecule has 1 atom stereocenters. The fourth-order valence-corrected chi connectivity index (χ4v) is 4.58. The average Bonchev–Trinajstić information content (AvgIpc) is 3.53. The number of hydrazone groups is 1. The molecule has 2 aromatic rings. The van der Waals surface area contributed by atoms with Crippen LogP contribution >= 0.6 is 0 Å². The number of methoxy groups -OCH3 is 1. The second-order valence-electron chi connectivity index (χ2n) is 8.91. The number of aryl methyl sites for hydroxylation is 1. The number of aromatic nitrogens is 1. The van der Waals surface area contributed by atoms with Gasteiger partial charge in [-0.15, -0.1) is 0 Å². The number of morpholine rings is 1. The lowest BCUT2D eigenvalue weighted by molar-refractivity contribution is -0.141. The van der Waals surface area contributed by atoms with E-state index in [-0.39, 0.29) is 24.4 Å². The summed E-state index contributed by atoms with van der Waals surface area (Å²) in [5.74, 6) is 0.549. The van der Waals surface area contributed by atoms with Gasteiger partial charge >= 0.3 is 0 Å². The monoisotopic (exact) mass is 481 g/mol. The summed E-state index contributed by atoms with van der Waals surface area (Å²) in [6.45, 7) is 6.17. The third-order valence-corrected chi connectivity index (χ3v) is 6.68. The van der Waals surface area contributed by atoms with E-state index in [1.165, 1.54) is 0 Å². The van der Waals surface area contributed by atoms with E-state index in [1.54, 1.807) is 17.0 Å². The Labute approximate surface area is 206 Å². The van der Waals surface area contributed by atoms with Gasteiger partial charge in [-0.2, -0.15) is 5.10 Å². The van der Waals surface area contributed by atoms with Crippen molar-refractivity contribution < 1.29 is 19.1 Å². The van der Waals surface area contributed by atoms with Crippen LogP contribution in [0.3, 0.4) is 0 Å². The number of rotatable bonds is 9. The third kappa shape index (κ3) is 5.91. The largest absolute Gasteiger partial charge is 0.497 e. The summed E-state index contributed by atoms with van der Waals surface area (Å²) in [6.07, 6.45) is 2.93. The molecular formula is C26H35N5O4. The zero-order valence-corrected chi connectivity index (χ0v) is 20.9. The number of carbonyl (C=O) groups excluding carboxylic acids is 2. The molecule has 1 saturated heterocycles. The van der Waals surface area contributed by atoms with Gasteiger partial charge in [0, 0.05) is 52.3 Å². The van der Waals surface area contributed by atoms with Crippen LogP contribution < -0.4 is 4.74 Å². The molecule has 4 rings (SSSR count). The second kappa shape index (κ2) is 11.5. The Kier molecular flexibility index (Phi) is 8.20. The van der Waals surface area contributed by atoms with E-state index in [4.69, 9.17) is 14.6 Å². The summed E-state index contributed by atoms with van der Waals surface area (Å²) >= 11 is 0. The van der Waals surface area contributed by atoms with Gasteiger partial charge in [0.05, 0.1) is 37.8 Å². The van der Waals surface area contributed by atoms with E-state index in [0.717, 1.165) is 42.4 Å². The van der Waals surface area contributed by atoms with Gasteiger partial charge in [-0.3, -0.25) is 14.5 Å². The molecule has 1 fully saturated rings. The highest BCUT2D eigenvalue weighted by Gasteiger charge is 2.35. The second-order valence-corrected chi connectivity index (χ2v) is 8.91. The van der Waals surface area contributed by atoms with Gasteiger partial charge in [-0.05, 0) is 29.8 Å². The molecule has 0 N–H and O–H groups in total. The molecule has 3 heterocycles. The molecule has 0 spiro atoms. The first kappa shape index (κ1) is 24.9. The number of amides is 2. The minimum Gasteiger partial charge on any atom is -0.497 e. The SMILES string of the molecule is CCC(=O)N(CCN1CCOCC1)CC(=O)N1N=C(c2cccn2C)C[C@H]1c1ccc(OC)cc1. The zero-order valence-electron chi connectivity index (χ0n) is 20.9. The third-order valence-electron chi connectivity index (χ3n) is 6.68. The average molecular weight is 482 g/mol. The van der Waals surface area contributed by atoms with Crippen molar-refractivity contribution in [2.75, 3.05) is 53.0 Å². The molecule has 0 aliphatic carbocycles. The summed E-state index contributed by atoms with van der Waals surface area (Å²) < 4.78 is 12.7. The minimum absolute atomic E-state index is 0.00752. The molecule has 188 valence electrons. The summed E-state index contributed by atoms with van der Waals surface area (Å²) in [5.41, 5.74) is 2.81. The van der Waals surface area contributed by atoms with Crippen LogP contribution in [-0.4, -0.2) is 89.9 Å². The van der Waals surface area contributed by atoms with Crippen LogP contribution in [0.25, 0.3) is 0 Å². The molecule has 1 aromatic carbocycles. The maximum Gasteiger partial charge on any atom is 0.262 e. The van der Waals surface area contributed by atoms with Crippen LogP contribution in [0.5, 0.6) is 5.75 Å². The smallest absolute Gasteiger partial charge is 0.262 e. The lowest BCUT2D eigenvalue weighted by atomic mass is 10.0. The summed E-state index contributed by atoms with van der Waals surface area (Å²) in [7, 11) is 3.60. The summed E-state index contributed by atoms with van der Waals surface area (Å²) in [5, 5.41) is 6.33. The van der Waals surface area contributed by atoms with E-state index in [9.17, 15) is 9.59 Å². The van der Waals surface area contributed by atoms with Gasteiger partial charge in [0.2, 0.25) is 5.91 Å². The Bertz CT molecular complexity index is 1040. The fourth-order valence-electron chi connectivity index (χ4n) is 4.58. The van der Waals surface area contributed by atoms with E-state index in [1.807, 2.05) is 61.1 Å². The Morgan fingerprint density at radius 2 is 1.91 bits per heavy atom. The molecule has 0 radical (unpaired) electrons. The van der Waals surface area contributed by atoms with Gasteiger partial charge in [-0.25, -0.2) is 5.01 Å². The van der Waals surface area contributed by atoms with E-state index in [0.29, 0.717) is 32.6 Å². The number of hydrogen-bond acceptors (Lipinski definition) is 6. The maximum absolute atomic E-state index is 13.6. The minimum atomic E-state index is -0.240. The van der Waals surface area contributed by atoms with Gasteiger partial charge in [0.1, 0.15) is 12.3 Å². The quantitative estimate of drug-likeness (QED) is 0.549. The van der Waals surface area contributed by atoms with Crippen molar-refractivity contribution in [2.24, 2.45) is 12.1 Å². The van der Waals surface area contributed by atoms with Crippen molar-refractivity contribution in [3.63, 3.8) is 0 Å². The molecule has 2 amide bonds. The van der Waals surface area contributed by atoms with Crippen molar-refractivity contribution in [2.45, 2.75) is 25.8 Å². The van der Waals surface area contributed by atoms with Gasteiger partial charge < -0.3 is 18.9 Å². The van der Waals surface area contributed by atoms with E-state index < -0.39 is 0 Å². The zero-order chi connectivity index (χ0) is 24.8. The number of carbonyl (C=O) groups is 2. The molecular weight excluding hydrogens is 446 g/mol. The fraction of sp³-hybridized carbons (Fsp3) is 0.500. The Morgan fingerprint density at radius 1 is 1.17 bits per heavy atom. The van der Waals surface area contributed by atoms with Crippen LogP contribution in [0.4, 0.5) is 0 Å². The number of ether oxygens (including phenoxy) is 2. The Balaban J connectivity index is 1.53. The molecule has 9 nitrogen and oxygen atoms in total. The van der Waals surface area contributed by atoms with Gasteiger partial charge in [0.25, 0.3) is 5.91 Å². The predicted octanol–water partition coefficient (Wildman–Crippen LogP) is 2.28. The van der Waals surface area contributed by atoms with Crippen molar-refractivity contribution in [3.05, 3.63) is 53.9 Å². The lowest BCUT2D eigenvalue weighted by Gasteiger charge is -2.31. The molecule has 35 heavy (non-hydrogen) atoms. The van der Waals surface area contributed by atoms with Crippen LogP contribution in [0.15, 0.2) is 47.7 Å². The molecule has 0 saturated carbocycles. The van der Waals surface area contributed by atoms with Crippen LogP contribution in [-0.2, 0) is 21.4 Å². The van der Waals surface area contributed by atoms with Gasteiger partial charge in [0.15, 0.2) is 0 Å². The standard InChI is InChI=1S/C26H35N5O4/c1-4-25(32)30(13-12-29-14-16-35-17-15-29)19-26(33)31-24(20-7-9-21(34-3)10-8-20)18-22(27-31)23-6-5-11-28(23)2/h5-11,24H,4,12-19H2,1-3H3/t24-/m0/s1. The summed E-state index contributed by atoms with van der Waals surface area (Å²) in [6, 6.07) is 11.5. The summed E-state index contributed by atoms with van der Waals surface area (Å²) in [4.78, 5) is 30.2. The highest BCUT2D eigenvalue weighted by atomic mass is 16.5. The topological polar surface area (TPSA) is 79.6 Å². The molecule has 2 aliphatic rings. The maximum atomic E-state index is 13.6. The predicted molar refractivity (Wildman–Crippen MR) is 133 cm³/mol. The molecule has 9 heteroatoms. The van der Waals surface area contributed by atoms with Crippen molar-refractivity contribution in [1.82, 2.24) is 19.4 Å². The first-order valence-electron chi connectivity index (χ1n) is 12.2. The van der Waals surface area contributed by atoms with Crippen molar-refractivity contribution in [1.29, 1.82) is 0 Å². The van der Waals surface area contributed by atoms with Crippen LogP contribution in [0.2, 0.25) is 0 Å². The van der Waals surface area contributed by atoms with Crippen LogP contribution in [0, 0.1) is 0 Å². The number of benzene rings is 1. The van der Waals surface area contributed by atoms with E-state index in [2.05, 4.69) is 4.90 Å². The Morgan fingerprint density at radius 3 is 2.54 bits per heavy atom. The molecule has 2 aliphatic heterocycles. The first-order chi connectivity index (χ1) is 17.0. The van der Waals surface area contributed by atoms with Crippen molar-refractivity contribution >= 4 is 17.5 Å².